The number of carbonyl (C=O) groups is 2. The van der Waals surface area contributed by atoms with Gasteiger partial charge in [-0.05, 0) is 24.6 Å². The fourth-order valence-corrected chi connectivity index (χ4v) is 1.31. The van der Waals surface area contributed by atoms with Crippen molar-refractivity contribution in [3.63, 3.8) is 0 Å². The number of nitrogens with one attached hydrogen (secondary N) is 1. The van der Waals surface area contributed by atoms with E-state index in [2.05, 4.69) is 21.9 Å². The Morgan fingerprint density at radius 2 is 2.11 bits per heavy atom. The number of ether oxygens (including phenoxy) is 1. The summed E-state index contributed by atoms with van der Waals surface area (Å²) in [6.07, 6.45) is 0. The molecule has 1 aromatic carbocycles. The van der Waals surface area contributed by atoms with Crippen molar-refractivity contribution >= 4 is 11.9 Å². The average molecular weight is 245 g/mol. The summed E-state index contributed by atoms with van der Waals surface area (Å²) in [6.45, 7) is 3.63. The molecule has 0 aliphatic carbocycles. The second-order valence-electron chi connectivity index (χ2n) is 3.73. The van der Waals surface area contributed by atoms with E-state index in [4.69, 9.17) is 0 Å². The highest BCUT2D eigenvalue weighted by atomic mass is 16.5. The van der Waals surface area contributed by atoms with Gasteiger partial charge in [0.05, 0.1) is 19.2 Å². The molecule has 18 heavy (non-hydrogen) atoms. The van der Waals surface area contributed by atoms with E-state index < -0.39 is 0 Å². The van der Waals surface area contributed by atoms with Crippen molar-refractivity contribution < 1.29 is 14.3 Å². The molecule has 0 saturated carbocycles. The van der Waals surface area contributed by atoms with Gasteiger partial charge in [0.15, 0.2) is 0 Å². The van der Waals surface area contributed by atoms with Crippen LogP contribution < -0.4 is 5.32 Å². The maximum atomic E-state index is 11.4. The Hall–Kier alpha value is -2.28. The Bertz CT molecular complexity index is 524. The normalized spacial score (nSPS) is 9.06. The number of rotatable bonds is 2. The molecule has 0 aliphatic heterocycles. The lowest BCUT2D eigenvalue weighted by Gasteiger charge is -2.02. The second kappa shape index (κ2) is 6.45. The minimum absolute atomic E-state index is 0.121. The molecule has 0 atom stereocenters. The van der Waals surface area contributed by atoms with Crippen LogP contribution in [0.1, 0.15) is 28.4 Å². The van der Waals surface area contributed by atoms with Gasteiger partial charge in [0.1, 0.15) is 0 Å². The monoisotopic (exact) mass is 245 g/mol. The molecule has 0 aliphatic rings. The molecule has 0 saturated heterocycles. The molecule has 0 radical (unpaired) electrons. The number of benzene rings is 1. The molecule has 0 bridgehead atoms. The van der Waals surface area contributed by atoms with Gasteiger partial charge in [-0.15, -0.1) is 0 Å². The first-order valence-corrected chi connectivity index (χ1v) is 5.47. The van der Waals surface area contributed by atoms with Gasteiger partial charge < -0.3 is 10.1 Å². The second-order valence-corrected chi connectivity index (χ2v) is 3.73. The zero-order valence-corrected chi connectivity index (χ0v) is 10.7. The van der Waals surface area contributed by atoms with Crippen molar-refractivity contribution in [2.45, 2.75) is 13.8 Å². The molecule has 1 aromatic rings. The van der Waals surface area contributed by atoms with E-state index in [9.17, 15) is 9.59 Å². The first-order valence-electron chi connectivity index (χ1n) is 5.47. The minimum atomic E-state index is -0.389. The molecule has 0 spiro atoms. The van der Waals surface area contributed by atoms with Crippen LogP contribution in [0.5, 0.6) is 0 Å². The summed E-state index contributed by atoms with van der Waals surface area (Å²) >= 11 is 0. The summed E-state index contributed by atoms with van der Waals surface area (Å²) in [4.78, 5) is 22.0. The average Bonchev–Trinajstić information content (AvgIpc) is 2.35. The highest BCUT2D eigenvalue weighted by Gasteiger charge is 2.06. The van der Waals surface area contributed by atoms with E-state index in [1.165, 1.54) is 14.0 Å². The molecule has 0 fully saturated rings. The molecule has 0 unspecified atom stereocenters. The van der Waals surface area contributed by atoms with Crippen molar-refractivity contribution in [2.75, 3.05) is 13.7 Å². The molecular weight excluding hydrogens is 230 g/mol. The zero-order valence-electron chi connectivity index (χ0n) is 10.7. The Kier molecular flexibility index (Phi) is 4.94. The van der Waals surface area contributed by atoms with Crippen molar-refractivity contribution in [1.82, 2.24) is 5.32 Å². The molecule has 0 heterocycles. The number of hydrogen-bond acceptors (Lipinski definition) is 3. The maximum absolute atomic E-state index is 11.4. The standard InChI is InChI=1S/C14H15NO3/c1-10-6-7-13(14(17)18-3)9-12(10)5-4-8-15-11(2)16/h6-7,9H,8H2,1-3H3,(H,15,16). The van der Waals surface area contributed by atoms with Gasteiger partial charge >= 0.3 is 5.97 Å². The molecule has 0 aromatic heterocycles. The van der Waals surface area contributed by atoms with Crippen LogP contribution in [0.4, 0.5) is 0 Å². The number of esters is 1. The van der Waals surface area contributed by atoms with E-state index >= 15 is 0 Å². The van der Waals surface area contributed by atoms with Crippen LogP contribution in [0.2, 0.25) is 0 Å². The zero-order chi connectivity index (χ0) is 13.5. The van der Waals surface area contributed by atoms with Gasteiger partial charge in [-0.1, -0.05) is 17.9 Å². The third-order valence-corrected chi connectivity index (χ3v) is 2.31. The Balaban J connectivity index is 2.87. The van der Waals surface area contributed by atoms with Gasteiger partial charge in [-0.3, -0.25) is 4.79 Å². The van der Waals surface area contributed by atoms with Crippen LogP contribution in [0, 0.1) is 18.8 Å². The number of hydrogen-bond donors (Lipinski definition) is 1. The van der Waals surface area contributed by atoms with E-state index in [1.54, 1.807) is 12.1 Å². The lowest BCUT2D eigenvalue weighted by molar-refractivity contribution is -0.118. The third-order valence-electron chi connectivity index (χ3n) is 2.31. The topological polar surface area (TPSA) is 55.4 Å². The van der Waals surface area contributed by atoms with Crippen LogP contribution >= 0.6 is 0 Å². The summed E-state index contributed by atoms with van der Waals surface area (Å²) in [6, 6.07) is 5.19. The molecular formula is C14H15NO3. The number of amides is 1. The number of methoxy groups -OCH3 is 1. The molecule has 4 nitrogen and oxygen atoms in total. The van der Waals surface area contributed by atoms with Crippen molar-refractivity contribution in [3.8, 4) is 11.8 Å². The first-order chi connectivity index (χ1) is 8.54. The van der Waals surface area contributed by atoms with Gasteiger partial charge in [0, 0.05) is 12.5 Å². The Morgan fingerprint density at radius 1 is 1.39 bits per heavy atom. The Labute approximate surface area is 106 Å². The summed E-state index contributed by atoms with van der Waals surface area (Å²) in [7, 11) is 1.34. The highest BCUT2D eigenvalue weighted by molar-refractivity contribution is 5.89. The lowest BCUT2D eigenvalue weighted by Crippen LogP contribution is -2.19. The van der Waals surface area contributed by atoms with Crippen LogP contribution in [0.15, 0.2) is 18.2 Å². The smallest absolute Gasteiger partial charge is 0.337 e. The molecule has 1 rings (SSSR count). The molecule has 1 amide bonds. The lowest BCUT2D eigenvalue weighted by atomic mass is 10.1. The van der Waals surface area contributed by atoms with Crippen molar-refractivity contribution in [3.05, 3.63) is 34.9 Å². The van der Waals surface area contributed by atoms with Crippen LogP contribution in [0.25, 0.3) is 0 Å². The van der Waals surface area contributed by atoms with Crippen LogP contribution in [0.3, 0.4) is 0 Å². The summed E-state index contributed by atoms with van der Waals surface area (Å²) in [5.41, 5.74) is 2.19. The predicted molar refractivity (Wildman–Crippen MR) is 68.1 cm³/mol. The maximum Gasteiger partial charge on any atom is 0.337 e. The summed E-state index contributed by atoms with van der Waals surface area (Å²) in [5, 5.41) is 2.58. The number of aryl methyl sites for hydroxylation is 1. The van der Waals surface area contributed by atoms with E-state index in [0.29, 0.717) is 5.56 Å². The predicted octanol–water partition coefficient (Wildman–Crippen LogP) is 1.27. The fourth-order valence-electron chi connectivity index (χ4n) is 1.31. The largest absolute Gasteiger partial charge is 0.465 e. The highest BCUT2D eigenvalue weighted by Crippen LogP contribution is 2.10. The SMILES string of the molecule is COC(=O)c1ccc(C)c(C#CCNC(C)=O)c1. The van der Waals surface area contributed by atoms with E-state index in [-0.39, 0.29) is 18.4 Å². The van der Waals surface area contributed by atoms with E-state index in [1.807, 2.05) is 13.0 Å². The molecule has 94 valence electrons. The van der Waals surface area contributed by atoms with Gasteiger partial charge in [-0.2, -0.15) is 0 Å². The van der Waals surface area contributed by atoms with Gasteiger partial charge in [0.2, 0.25) is 5.91 Å². The van der Waals surface area contributed by atoms with E-state index in [0.717, 1.165) is 11.1 Å². The van der Waals surface area contributed by atoms with Gasteiger partial charge in [-0.25, -0.2) is 4.79 Å². The van der Waals surface area contributed by atoms with Crippen LogP contribution in [-0.2, 0) is 9.53 Å². The summed E-state index contributed by atoms with van der Waals surface area (Å²) in [5.74, 6) is 5.23. The first kappa shape index (κ1) is 13.8. The summed E-state index contributed by atoms with van der Waals surface area (Å²) < 4.78 is 4.64. The fraction of sp³-hybridized carbons (Fsp3) is 0.286. The van der Waals surface area contributed by atoms with Crippen molar-refractivity contribution in [2.24, 2.45) is 0 Å². The van der Waals surface area contributed by atoms with Gasteiger partial charge in [0.25, 0.3) is 0 Å². The Morgan fingerprint density at radius 3 is 2.72 bits per heavy atom. The number of carbonyl (C=O) groups excluding carboxylic acids is 2. The third kappa shape index (κ3) is 3.95. The van der Waals surface area contributed by atoms with Crippen molar-refractivity contribution in [1.29, 1.82) is 0 Å². The molecule has 1 N–H and O–H groups in total. The quantitative estimate of drug-likeness (QED) is 0.630. The van der Waals surface area contributed by atoms with Crippen LogP contribution in [-0.4, -0.2) is 25.5 Å². The molecule has 4 heteroatoms. The minimum Gasteiger partial charge on any atom is -0.465 e.